The van der Waals surface area contributed by atoms with Gasteiger partial charge in [-0.3, -0.25) is 14.4 Å². The molecule has 2 aliphatic heterocycles. The lowest BCUT2D eigenvalue weighted by Gasteiger charge is -2.39. The molecule has 29 heavy (non-hydrogen) atoms. The first-order chi connectivity index (χ1) is 14.0. The van der Waals surface area contributed by atoms with Gasteiger partial charge < -0.3 is 14.7 Å². The van der Waals surface area contributed by atoms with E-state index in [0.29, 0.717) is 44.0 Å². The zero-order valence-electron chi connectivity index (χ0n) is 16.7. The minimum absolute atomic E-state index is 0.00185. The van der Waals surface area contributed by atoms with Crippen molar-refractivity contribution in [3.05, 3.63) is 35.6 Å². The van der Waals surface area contributed by atoms with Gasteiger partial charge in [0.25, 0.3) is 0 Å². The van der Waals surface area contributed by atoms with Crippen LogP contribution in [0.25, 0.3) is 0 Å². The Morgan fingerprint density at radius 2 is 1.86 bits per heavy atom. The number of benzene rings is 1. The van der Waals surface area contributed by atoms with E-state index in [9.17, 15) is 18.8 Å². The average Bonchev–Trinajstić information content (AvgIpc) is 3.08. The van der Waals surface area contributed by atoms with Gasteiger partial charge in [0.05, 0.1) is 0 Å². The maximum absolute atomic E-state index is 13.5. The van der Waals surface area contributed by atoms with Crippen LogP contribution in [0.5, 0.6) is 0 Å². The van der Waals surface area contributed by atoms with Crippen molar-refractivity contribution in [2.24, 2.45) is 5.92 Å². The molecule has 0 N–H and O–H groups in total. The van der Waals surface area contributed by atoms with E-state index in [1.807, 2.05) is 4.90 Å². The second-order valence-electron chi connectivity index (χ2n) is 8.45. The number of carbonyl (C=O) groups is 3. The van der Waals surface area contributed by atoms with Crippen molar-refractivity contribution in [3.63, 3.8) is 0 Å². The molecule has 0 bridgehead atoms. The first kappa shape index (κ1) is 19.9. The number of halogens is 1. The molecule has 3 amide bonds. The molecule has 1 aromatic rings. The molecule has 1 unspecified atom stereocenters. The molecule has 2 saturated heterocycles. The Labute approximate surface area is 170 Å². The largest absolute Gasteiger partial charge is 0.341 e. The Morgan fingerprint density at radius 3 is 2.62 bits per heavy atom. The van der Waals surface area contributed by atoms with E-state index < -0.39 is 6.04 Å². The minimum Gasteiger partial charge on any atom is -0.341 e. The molecule has 4 rings (SSSR count). The van der Waals surface area contributed by atoms with Crippen molar-refractivity contribution < 1.29 is 18.8 Å². The van der Waals surface area contributed by atoms with Gasteiger partial charge in [-0.1, -0.05) is 25.0 Å². The summed E-state index contributed by atoms with van der Waals surface area (Å²) in [5, 5.41) is 0. The third kappa shape index (κ3) is 4.43. The van der Waals surface area contributed by atoms with Crippen molar-refractivity contribution in [1.82, 2.24) is 14.7 Å². The van der Waals surface area contributed by atoms with Crippen LogP contribution in [-0.4, -0.2) is 64.6 Å². The zero-order valence-corrected chi connectivity index (χ0v) is 16.7. The summed E-state index contributed by atoms with van der Waals surface area (Å²) in [6.45, 7) is 1.61. The highest BCUT2D eigenvalue weighted by Gasteiger charge is 2.41. The zero-order chi connectivity index (χ0) is 20.4. The normalized spacial score (nSPS) is 23.3. The van der Waals surface area contributed by atoms with Gasteiger partial charge in [-0.25, -0.2) is 4.39 Å². The smallest absolute Gasteiger partial charge is 0.246 e. The maximum Gasteiger partial charge on any atom is 0.246 e. The van der Waals surface area contributed by atoms with E-state index in [0.717, 1.165) is 12.8 Å². The fourth-order valence-corrected chi connectivity index (χ4v) is 4.86. The number of rotatable bonds is 4. The first-order valence-electron chi connectivity index (χ1n) is 10.6. The standard InChI is InChI=1S/C22H28FN3O3/c23-18-7-3-6-17(12-18)14-25-15-21(28)26-11-10-24(9-8-19(26)22(25)29)20(27)13-16-4-1-2-5-16/h3,6-7,12,16,19H,1-2,4-5,8-11,13-15H2. The fourth-order valence-electron chi connectivity index (χ4n) is 4.86. The van der Waals surface area contributed by atoms with E-state index in [4.69, 9.17) is 0 Å². The molecule has 3 aliphatic rings. The van der Waals surface area contributed by atoms with Crippen LogP contribution in [0, 0.1) is 11.7 Å². The molecule has 1 aromatic carbocycles. The number of carbonyl (C=O) groups excluding carboxylic acids is 3. The van der Waals surface area contributed by atoms with Crippen LogP contribution in [0.15, 0.2) is 24.3 Å². The van der Waals surface area contributed by atoms with Gasteiger partial charge in [0.15, 0.2) is 0 Å². The van der Waals surface area contributed by atoms with Gasteiger partial charge in [0, 0.05) is 32.6 Å². The van der Waals surface area contributed by atoms with Crippen molar-refractivity contribution in [3.8, 4) is 0 Å². The van der Waals surface area contributed by atoms with Crippen molar-refractivity contribution in [2.45, 2.75) is 51.1 Å². The van der Waals surface area contributed by atoms with Crippen LogP contribution in [0.2, 0.25) is 0 Å². The molecule has 156 valence electrons. The number of piperazine rings is 1. The molecule has 3 fully saturated rings. The molecule has 1 aliphatic carbocycles. The Morgan fingerprint density at radius 1 is 1.07 bits per heavy atom. The Bertz CT molecular complexity index is 793. The Balaban J connectivity index is 1.40. The van der Waals surface area contributed by atoms with Crippen LogP contribution in [0.4, 0.5) is 4.39 Å². The average molecular weight is 401 g/mol. The van der Waals surface area contributed by atoms with E-state index in [2.05, 4.69) is 0 Å². The number of nitrogens with zero attached hydrogens (tertiary/aromatic N) is 3. The van der Waals surface area contributed by atoms with E-state index in [1.165, 1.54) is 29.9 Å². The summed E-state index contributed by atoms with van der Waals surface area (Å²) in [6, 6.07) is 5.57. The van der Waals surface area contributed by atoms with Crippen LogP contribution < -0.4 is 0 Å². The van der Waals surface area contributed by atoms with Crippen LogP contribution >= 0.6 is 0 Å². The summed E-state index contributed by atoms with van der Waals surface area (Å²) in [5.41, 5.74) is 0.668. The van der Waals surface area contributed by atoms with Crippen molar-refractivity contribution in [2.75, 3.05) is 26.2 Å². The van der Waals surface area contributed by atoms with Crippen molar-refractivity contribution in [1.29, 1.82) is 0 Å². The summed E-state index contributed by atoms with van der Waals surface area (Å²) in [4.78, 5) is 43.4. The second-order valence-corrected chi connectivity index (χ2v) is 8.45. The highest BCUT2D eigenvalue weighted by atomic mass is 19.1. The summed E-state index contributed by atoms with van der Waals surface area (Å²) in [7, 11) is 0. The highest BCUT2D eigenvalue weighted by Crippen LogP contribution is 2.29. The lowest BCUT2D eigenvalue weighted by atomic mass is 10.0. The summed E-state index contributed by atoms with van der Waals surface area (Å²) >= 11 is 0. The van der Waals surface area contributed by atoms with Gasteiger partial charge in [0.1, 0.15) is 18.4 Å². The summed E-state index contributed by atoms with van der Waals surface area (Å²) in [6.07, 6.45) is 5.70. The molecular formula is C22H28FN3O3. The van der Waals surface area contributed by atoms with Gasteiger partial charge in [-0.05, 0) is 42.9 Å². The fraction of sp³-hybridized carbons (Fsp3) is 0.591. The van der Waals surface area contributed by atoms with E-state index in [1.54, 1.807) is 17.0 Å². The highest BCUT2D eigenvalue weighted by molar-refractivity contribution is 5.95. The number of hydrogen-bond acceptors (Lipinski definition) is 3. The number of amides is 3. The number of hydrogen-bond donors (Lipinski definition) is 0. The SMILES string of the molecule is O=C(CC1CCCC1)N1CCC2C(=O)N(Cc3cccc(F)c3)CC(=O)N2CC1. The molecule has 0 spiro atoms. The maximum atomic E-state index is 13.5. The molecule has 1 atom stereocenters. The Kier molecular flexibility index (Phi) is 5.83. The first-order valence-corrected chi connectivity index (χ1v) is 10.6. The second kappa shape index (κ2) is 8.51. The van der Waals surface area contributed by atoms with Crippen LogP contribution in [0.3, 0.4) is 0 Å². The quantitative estimate of drug-likeness (QED) is 0.777. The van der Waals surface area contributed by atoms with E-state index in [-0.39, 0.29) is 36.6 Å². The van der Waals surface area contributed by atoms with Gasteiger partial charge in [0.2, 0.25) is 17.7 Å². The van der Waals surface area contributed by atoms with E-state index >= 15 is 0 Å². The molecule has 1 saturated carbocycles. The molecule has 2 heterocycles. The molecular weight excluding hydrogens is 373 g/mol. The molecule has 0 radical (unpaired) electrons. The topological polar surface area (TPSA) is 60.9 Å². The number of fused-ring (bicyclic) bond motifs is 1. The third-order valence-electron chi connectivity index (χ3n) is 6.46. The Hall–Kier alpha value is -2.44. The monoisotopic (exact) mass is 401 g/mol. The van der Waals surface area contributed by atoms with Crippen LogP contribution in [-0.2, 0) is 20.9 Å². The lowest BCUT2D eigenvalue weighted by Crippen LogP contribution is -2.59. The summed E-state index contributed by atoms with van der Waals surface area (Å²) < 4.78 is 13.5. The predicted molar refractivity (Wildman–Crippen MR) is 105 cm³/mol. The molecule has 0 aromatic heterocycles. The van der Waals surface area contributed by atoms with Crippen molar-refractivity contribution >= 4 is 17.7 Å². The van der Waals surface area contributed by atoms with Gasteiger partial charge in [-0.15, -0.1) is 0 Å². The van der Waals surface area contributed by atoms with Crippen LogP contribution in [0.1, 0.15) is 44.1 Å². The molecule has 6 nitrogen and oxygen atoms in total. The summed E-state index contributed by atoms with van der Waals surface area (Å²) in [5.74, 6) is 0.0625. The third-order valence-corrected chi connectivity index (χ3v) is 6.46. The lowest BCUT2D eigenvalue weighted by molar-refractivity contribution is -0.156. The minimum atomic E-state index is -0.533. The van der Waals surface area contributed by atoms with Gasteiger partial charge >= 0.3 is 0 Å². The molecule has 7 heteroatoms. The predicted octanol–water partition coefficient (Wildman–Crippen LogP) is 2.18. The van der Waals surface area contributed by atoms with Gasteiger partial charge in [-0.2, -0.15) is 0 Å².